The first-order chi connectivity index (χ1) is 10.1. The Balaban J connectivity index is 1.90. The fourth-order valence-corrected chi connectivity index (χ4v) is 2.13. The summed E-state index contributed by atoms with van der Waals surface area (Å²) >= 11 is 0. The highest BCUT2D eigenvalue weighted by Crippen LogP contribution is 2.23. The van der Waals surface area contributed by atoms with Crippen molar-refractivity contribution in [3.05, 3.63) is 65.3 Å². The van der Waals surface area contributed by atoms with Crippen LogP contribution in [0.15, 0.2) is 47.0 Å². The predicted octanol–water partition coefficient (Wildman–Crippen LogP) is 3.36. The second-order valence-corrected chi connectivity index (χ2v) is 4.85. The molecule has 3 rings (SSSR count). The van der Waals surface area contributed by atoms with E-state index >= 15 is 0 Å². The molecule has 0 bridgehead atoms. The number of hydrogen-bond donors (Lipinski definition) is 1. The van der Waals surface area contributed by atoms with Crippen molar-refractivity contribution in [1.29, 1.82) is 0 Å². The Hall–Kier alpha value is -2.69. The predicted molar refractivity (Wildman–Crippen MR) is 78.1 cm³/mol. The van der Waals surface area contributed by atoms with E-state index in [9.17, 15) is 4.39 Å². The molecule has 0 aliphatic carbocycles. The van der Waals surface area contributed by atoms with E-state index in [1.54, 1.807) is 6.07 Å². The number of nitrogens with two attached hydrogens (primary N) is 1. The molecule has 4 nitrogen and oxygen atoms in total. The van der Waals surface area contributed by atoms with Crippen LogP contribution in [-0.2, 0) is 6.42 Å². The molecule has 5 heteroatoms. The van der Waals surface area contributed by atoms with Gasteiger partial charge in [0, 0.05) is 11.3 Å². The summed E-state index contributed by atoms with van der Waals surface area (Å²) in [4.78, 5) is 4.32. The zero-order chi connectivity index (χ0) is 14.8. The number of nitrogens with zero attached hydrogens (tertiary/aromatic N) is 2. The third kappa shape index (κ3) is 2.76. The Morgan fingerprint density at radius 1 is 1.19 bits per heavy atom. The standard InChI is InChI=1S/C16H14FN3O/c1-10-6-7-12(17)9-13(10)16-19-15(21-20-16)8-11-4-2-3-5-14(11)18/h2-7,9H,8,18H2,1H3. The minimum atomic E-state index is -0.325. The summed E-state index contributed by atoms with van der Waals surface area (Å²) in [7, 11) is 0. The third-order valence-electron chi connectivity index (χ3n) is 3.31. The summed E-state index contributed by atoms with van der Waals surface area (Å²) in [5, 5.41) is 3.92. The fraction of sp³-hybridized carbons (Fsp3) is 0.125. The minimum absolute atomic E-state index is 0.325. The Kier molecular flexibility index (Phi) is 3.39. The van der Waals surface area contributed by atoms with Gasteiger partial charge in [-0.2, -0.15) is 4.98 Å². The molecule has 0 spiro atoms. The van der Waals surface area contributed by atoms with Crippen molar-refractivity contribution in [2.75, 3.05) is 5.73 Å². The van der Waals surface area contributed by atoms with E-state index in [-0.39, 0.29) is 5.82 Å². The van der Waals surface area contributed by atoms with Crippen LogP contribution in [0.25, 0.3) is 11.4 Å². The number of hydrogen-bond acceptors (Lipinski definition) is 4. The van der Waals surface area contributed by atoms with Gasteiger partial charge in [0.25, 0.3) is 0 Å². The SMILES string of the molecule is Cc1ccc(F)cc1-c1noc(Cc2ccccc2N)n1. The van der Waals surface area contributed by atoms with E-state index in [4.69, 9.17) is 10.3 Å². The van der Waals surface area contributed by atoms with Crippen molar-refractivity contribution in [3.8, 4) is 11.4 Å². The van der Waals surface area contributed by atoms with Gasteiger partial charge < -0.3 is 10.3 Å². The van der Waals surface area contributed by atoms with Crippen molar-refractivity contribution in [2.45, 2.75) is 13.3 Å². The first-order valence-corrected chi connectivity index (χ1v) is 6.56. The van der Waals surface area contributed by atoms with Gasteiger partial charge in [-0.3, -0.25) is 0 Å². The van der Waals surface area contributed by atoms with Crippen LogP contribution in [-0.4, -0.2) is 10.1 Å². The van der Waals surface area contributed by atoms with Crippen LogP contribution in [0.1, 0.15) is 17.0 Å². The van der Waals surface area contributed by atoms with Crippen LogP contribution in [0.5, 0.6) is 0 Å². The average molecular weight is 283 g/mol. The normalized spacial score (nSPS) is 10.8. The van der Waals surface area contributed by atoms with E-state index in [0.29, 0.717) is 29.4 Å². The lowest BCUT2D eigenvalue weighted by molar-refractivity contribution is 0.386. The van der Waals surface area contributed by atoms with E-state index in [2.05, 4.69) is 10.1 Å². The van der Waals surface area contributed by atoms with Gasteiger partial charge in [0.05, 0.1) is 6.42 Å². The summed E-state index contributed by atoms with van der Waals surface area (Å²) in [5.41, 5.74) is 9.01. The zero-order valence-corrected chi connectivity index (χ0v) is 11.5. The maximum absolute atomic E-state index is 13.3. The number of aryl methyl sites for hydroxylation is 1. The molecule has 0 radical (unpaired) electrons. The molecule has 106 valence electrons. The highest BCUT2D eigenvalue weighted by Gasteiger charge is 2.13. The molecule has 21 heavy (non-hydrogen) atoms. The van der Waals surface area contributed by atoms with E-state index in [0.717, 1.165) is 11.1 Å². The van der Waals surface area contributed by atoms with Gasteiger partial charge in [-0.1, -0.05) is 29.4 Å². The fourth-order valence-electron chi connectivity index (χ4n) is 2.13. The van der Waals surface area contributed by atoms with Crippen LogP contribution >= 0.6 is 0 Å². The molecule has 0 aliphatic heterocycles. The number of nitrogen functional groups attached to an aromatic ring is 1. The third-order valence-corrected chi connectivity index (χ3v) is 3.31. The second-order valence-electron chi connectivity index (χ2n) is 4.85. The van der Waals surface area contributed by atoms with Crippen molar-refractivity contribution < 1.29 is 8.91 Å². The molecular formula is C16H14FN3O. The van der Waals surface area contributed by atoms with Crippen LogP contribution in [0.2, 0.25) is 0 Å². The Morgan fingerprint density at radius 2 is 2.00 bits per heavy atom. The number of aromatic nitrogens is 2. The van der Waals surface area contributed by atoms with Crippen molar-refractivity contribution in [3.63, 3.8) is 0 Å². The van der Waals surface area contributed by atoms with Gasteiger partial charge in [-0.15, -0.1) is 0 Å². The molecule has 0 saturated heterocycles. The molecule has 2 aromatic carbocycles. The van der Waals surface area contributed by atoms with Gasteiger partial charge >= 0.3 is 0 Å². The van der Waals surface area contributed by atoms with E-state index in [1.165, 1.54) is 12.1 Å². The molecule has 1 heterocycles. The molecule has 0 saturated carbocycles. The summed E-state index contributed by atoms with van der Waals surface area (Å²) in [5.74, 6) is 0.511. The Labute approximate surface area is 121 Å². The smallest absolute Gasteiger partial charge is 0.231 e. The molecule has 0 amide bonds. The zero-order valence-electron chi connectivity index (χ0n) is 11.5. The monoisotopic (exact) mass is 283 g/mol. The lowest BCUT2D eigenvalue weighted by atomic mass is 10.1. The quantitative estimate of drug-likeness (QED) is 0.748. The van der Waals surface area contributed by atoms with Gasteiger partial charge in [-0.25, -0.2) is 4.39 Å². The van der Waals surface area contributed by atoms with Gasteiger partial charge in [-0.05, 0) is 36.2 Å². The largest absolute Gasteiger partial charge is 0.398 e. The van der Waals surface area contributed by atoms with Crippen LogP contribution in [0.4, 0.5) is 10.1 Å². The minimum Gasteiger partial charge on any atom is -0.398 e. The van der Waals surface area contributed by atoms with Gasteiger partial charge in [0.2, 0.25) is 11.7 Å². The molecule has 0 unspecified atom stereocenters. The Morgan fingerprint density at radius 3 is 2.81 bits per heavy atom. The number of benzene rings is 2. The number of rotatable bonds is 3. The van der Waals surface area contributed by atoms with Crippen molar-refractivity contribution >= 4 is 5.69 Å². The van der Waals surface area contributed by atoms with Crippen molar-refractivity contribution in [2.24, 2.45) is 0 Å². The van der Waals surface area contributed by atoms with Gasteiger partial charge in [0.15, 0.2) is 0 Å². The summed E-state index contributed by atoms with van der Waals surface area (Å²) < 4.78 is 18.6. The number of anilines is 1. The average Bonchev–Trinajstić information content (AvgIpc) is 2.92. The van der Waals surface area contributed by atoms with Crippen LogP contribution in [0.3, 0.4) is 0 Å². The summed E-state index contributed by atoms with van der Waals surface area (Å²) in [6.45, 7) is 1.87. The molecular weight excluding hydrogens is 269 g/mol. The van der Waals surface area contributed by atoms with Gasteiger partial charge in [0.1, 0.15) is 5.82 Å². The second kappa shape index (κ2) is 5.36. The van der Waals surface area contributed by atoms with Crippen LogP contribution < -0.4 is 5.73 Å². The maximum atomic E-state index is 13.3. The Bertz CT molecular complexity index is 783. The highest BCUT2D eigenvalue weighted by atomic mass is 19.1. The number of para-hydroxylation sites is 1. The molecule has 3 aromatic rings. The van der Waals surface area contributed by atoms with Crippen LogP contribution in [0, 0.1) is 12.7 Å². The van der Waals surface area contributed by atoms with E-state index < -0.39 is 0 Å². The summed E-state index contributed by atoms with van der Waals surface area (Å²) in [6.07, 6.45) is 0.452. The first kappa shape index (κ1) is 13.3. The molecule has 0 fully saturated rings. The van der Waals surface area contributed by atoms with Crippen molar-refractivity contribution in [1.82, 2.24) is 10.1 Å². The lowest BCUT2D eigenvalue weighted by Gasteiger charge is -2.01. The molecule has 2 N–H and O–H groups in total. The molecule has 0 atom stereocenters. The topological polar surface area (TPSA) is 64.9 Å². The summed E-state index contributed by atoms with van der Waals surface area (Å²) in [6, 6.07) is 12.0. The van der Waals surface area contributed by atoms with E-state index in [1.807, 2.05) is 31.2 Å². The highest BCUT2D eigenvalue weighted by molar-refractivity contribution is 5.59. The maximum Gasteiger partial charge on any atom is 0.231 e. The lowest BCUT2D eigenvalue weighted by Crippen LogP contribution is -1.95. The first-order valence-electron chi connectivity index (χ1n) is 6.56. The molecule has 0 aliphatic rings. The number of halogens is 1. The molecule has 1 aromatic heterocycles.